The third-order valence-electron chi connectivity index (χ3n) is 11.5. The first-order valence-electron chi connectivity index (χ1n) is 23.2. The van der Waals surface area contributed by atoms with Crippen LogP contribution in [0.15, 0.2) is 84.9 Å². The first-order chi connectivity index (χ1) is 37.4. The van der Waals surface area contributed by atoms with Gasteiger partial charge in [0.1, 0.15) is 47.7 Å². The number of carbonyl (C=O) groups is 8. The number of benzene rings is 4. The molecule has 0 bridgehead atoms. The zero-order valence-electron chi connectivity index (χ0n) is 41.9. The Morgan fingerprint density at radius 2 is 0.716 bits per heavy atom. The van der Waals surface area contributed by atoms with Gasteiger partial charge in [-0.1, -0.05) is 30.3 Å². The van der Waals surface area contributed by atoms with E-state index in [9.17, 15) is 77.9 Å². The lowest BCUT2D eigenvalue weighted by molar-refractivity contribution is -0.145. The SMILES string of the molecule is N#Cc1ccc(CC(CC(N)C(=O)O)C(=O)O)cc1F.NC(CC(Cc1cc(C(F)(F)F)ccc1F)C(=O)O)C(=O)O.NC(CC(Cc1ccc(C(F)(F)F)cc1)C(=O)O)C(=O)O.NC(CC(Cc1ccc(F)cc1)C(=O)O)C(=O)O. The number of carboxylic acids is 8. The molecule has 0 amide bonds. The molecular formula is C51H54F9N5O16. The minimum Gasteiger partial charge on any atom is -0.481 e. The van der Waals surface area contributed by atoms with E-state index < -0.39 is 155 Å². The minimum absolute atomic E-state index is 0.0566. The lowest BCUT2D eigenvalue weighted by atomic mass is 9.92. The van der Waals surface area contributed by atoms with Crippen molar-refractivity contribution in [1.29, 1.82) is 5.26 Å². The number of hydrogen-bond donors (Lipinski definition) is 12. The van der Waals surface area contributed by atoms with Gasteiger partial charge in [-0.3, -0.25) is 38.4 Å². The molecule has 81 heavy (non-hydrogen) atoms. The van der Waals surface area contributed by atoms with E-state index in [-0.39, 0.29) is 44.1 Å². The van der Waals surface area contributed by atoms with Gasteiger partial charge < -0.3 is 63.8 Å². The number of nitrogens with zero attached hydrogens (tertiary/aromatic N) is 1. The number of nitriles is 1. The standard InChI is InChI=1S/C13H13F4NO4.C13H14F3NO4.C13H13FN2O4.C12H14FNO4/c14-9-2-1-8(13(15,16)17)4-6(9)3-7(11(19)20)5-10(18)12(21)22;14-13(15,16)9-3-1-7(2-4-9)5-8(11(18)19)6-10(17)12(20)21;14-10-4-7(1-2-8(10)6-15)3-9(12(17)18)5-11(16)13(19)20;13-9-3-1-7(2-4-9)5-8(11(15)16)6-10(14)12(17)18/h1-2,4,7,10H,3,5,18H2,(H,19,20)(H,21,22);1-4,8,10H,5-6,17H2,(H,18,19)(H,20,21);1-2,4,9,11H,3,5,16H2,(H,17,18)(H,19,20);1-4,8,10H,5-6,14H2,(H,15,16)(H,17,18). The molecule has 0 aliphatic carbocycles. The quantitative estimate of drug-likeness (QED) is 0.0398. The molecule has 442 valence electrons. The van der Waals surface area contributed by atoms with Crippen LogP contribution < -0.4 is 22.9 Å². The van der Waals surface area contributed by atoms with Crippen LogP contribution >= 0.6 is 0 Å². The Labute approximate surface area is 452 Å². The van der Waals surface area contributed by atoms with Gasteiger partial charge in [0.25, 0.3) is 0 Å². The molecule has 0 saturated heterocycles. The molecule has 0 spiro atoms. The highest BCUT2D eigenvalue weighted by Gasteiger charge is 2.34. The van der Waals surface area contributed by atoms with Gasteiger partial charge in [0.05, 0.1) is 40.4 Å². The van der Waals surface area contributed by atoms with Crippen molar-refractivity contribution in [2.45, 2.75) is 87.9 Å². The lowest BCUT2D eigenvalue weighted by Gasteiger charge is -2.16. The largest absolute Gasteiger partial charge is 0.481 e. The summed E-state index contributed by atoms with van der Waals surface area (Å²) in [4.78, 5) is 86.7. The maximum absolute atomic E-state index is 13.6. The number of nitrogens with two attached hydrogens (primary N) is 4. The monoisotopic (exact) mass is 1160 g/mol. The molecule has 16 N–H and O–H groups in total. The Kier molecular flexibility index (Phi) is 28.2. The first kappa shape index (κ1) is 70.4. The normalized spacial score (nSPS) is 14.0. The fourth-order valence-corrected chi connectivity index (χ4v) is 6.97. The number of halogens is 9. The van der Waals surface area contributed by atoms with Gasteiger partial charge in [-0.15, -0.1) is 0 Å². The summed E-state index contributed by atoms with van der Waals surface area (Å²) in [5.41, 5.74) is 19.9. The van der Waals surface area contributed by atoms with Crippen LogP contribution in [0, 0.1) is 52.5 Å². The van der Waals surface area contributed by atoms with Gasteiger partial charge in [0.2, 0.25) is 0 Å². The molecule has 21 nitrogen and oxygen atoms in total. The highest BCUT2D eigenvalue weighted by Crippen LogP contribution is 2.32. The van der Waals surface area contributed by atoms with Crippen molar-refractivity contribution in [2.75, 3.05) is 0 Å². The van der Waals surface area contributed by atoms with Gasteiger partial charge in [-0.05, 0) is 128 Å². The van der Waals surface area contributed by atoms with Crippen LogP contribution in [-0.4, -0.2) is 113 Å². The van der Waals surface area contributed by atoms with Crippen molar-refractivity contribution in [3.8, 4) is 6.07 Å². The van der Waals surface area contributed by atoms with E-state index in [4.69, 9.17) is 69.0 Å². The van der Waals surface area contributed by atoms with E-state index in [1.54, 1.807) is 6.07 Å². The van der Waals surface area contributed by atoms with E-state index in [2.05, 4.69) is 0 Å². The molecule has 0 aliphatic heterocycles. The highest BCUT2D eigenvalue weighted by atomic mass is 19.4. The Morgan fingerprint density at radius 1 is 0.407 bits per heavy atom. The maximum atomic E-state index is 13.6. The number of alkyl halides is 6. The first-order valence-corrected chi connectivity index (χ1v) is 23.2. The van der Waals surface area contributed by atoms with Gasteiger partial charge in [0.15, 0.2) is 0 Å². The van der Waals surface area contributed by atoms with E-state index in [0.717, 1.165) is 18.2 Å². The van der Waals surface area contributed by atoms with E-state index in [1.807, 2.05) is 0 Å². The zero-order chi connectivity index (χ0) is 62.3. The average molecular weight is 1160 g/mol. The summed E-state index contributed by atoms with van der Waals surface area (Å²) >= 11 is 0. The second-order valence-electron chi connectivity index (χ2n) is 17.7. The van der Waals surface area contributed by atoms with E-state index >= 15 is 0 Å². The van der Waals surface area contributed by atoms with Crippen LogP contribution in [0.3, 0.4) is 0 Å². The predicted octanol–water partition coefficient (Wildman–Crippen LogP) is 5.25. The Hall–Kier alpha value is -8.66. The summed E-state index contributed by atoms with van der Waals surface area (Å²) in [5, 5.41) is 79.3. The summed E-state index contributed by atoms with van der Waals surface area (Å²) in [6.07, 6.45) is -11.0. The number of hydrogen-bond acceptors (Lipinski definition) is 13. The van der Waals surface area contributed by atoms with Crippen molar-refractivity contribution in [1.82, 2.24) is 0 Å². The van der Waals surface area contributed by atoms with E-state index in [1.165, 1.54) is 48.5 Å². The summed E-state index contributed by atoms with van der Waals surface area (Å²) < 4.78 is 115. The van der Waals surface area contributed by atoms with Crippen LogP contribution in [-0.2, 0) is 76.4 Å². The van der Waals surface area contributed by atoms with Crippen LogP contribution in [0.4, 0.5) is 39.5 Å². The molecule has 8 atom stereocenters. The molecule has 4 rings (SSSR count). The van der Waals surface area contributed by atoms with Crippen molar-refractivity contribution in [2.24, 2.45) is 46.6 Å². The molecule has 4 aromatic carbocycles. The number of carboxylic acid groups (broad SMARTS) is 8. The van der Waals surface area contributed by atoms with Crippen molar-refractivity contribution in [3.05, 3.63) is 141 Å². The second-order valence-corrected chi connectivity index (χ2v) is 17.7. The molecular weight excluding hydrogens is 1110 g/mol. The smallest absolute Gasteiger partial charge is 0.416 e. The molecule has 0 aliphatic rings. The third kappa shape index (κ3) is 25.8. The van der Waals surface area contributed by atoms with Gasteiger partial charge >= 0.3 is 60.1 Å². The molecule has 0 aromatic heterocycles. The summed E-state index contributed by atoms with van der Waals surface area (Å²) in [5.74, 6) is -16.9. The van der Waals surface area contributed by atoms with E-state index in [0.29, 0.717) is 34.9 Å². The van der Waals surface area contributed by atoms with Crippen LogP contribution in [0.5, 0.6) is 0 Å². The highest BCUT2D eigenvalue weighted by molar-refractivity contribution is 5.78. The minimum atomic E-state index is -4.70. The average Bonchev–Trinajstić information content (AvgIpc) is 3.41. The third-order valence-corrected chi connectivity index (χ3v) is 11.5. The molecule has 0 heterocycles. The fourth-order valence-electron chi connectivity index (χ4n) is 6.97. The molecule has 30 heteroatoms. The van der Waals surface area contributed by atoms with Crippen LogP contribution in [0.2, 0.25) is 0 Å². The van der Waals surface area contributed by atoms with Crippen LogP contribution in [0.25, 0.3) is 0 Å². The Morgan fingerprint density at radius 3 is 1.02 bits per heavy atom. The molecule has 0 radical (unpaired) electrons. The zero-order valence-corrected chi connectivity index (χ0v) is 41.9. The maximum Gasteiger partial charge on any atom is 0.416 e. The topological polar surface area (TPSA) is 426 Å². The van der Waals surface area contributed by atoms with Crippen LogP contribution in [0.1, 0.15) is 64.6 Å². The predicted molar refractivity (Wildman–Crippen MR) is 261 cm³/mol. The number of aliphatic carboxylic acids is 8. The lowest BCUT2D eigenvalue weighted by Crippen LogP contribution is -2.35. The van der Waals surface area contributed by atoms with Crippen molar-refractivity contribution < 1.29 is 119 Å². The molecule has 0 saturated carbocycles. The fraction of sp³-hybridized carbons (Fsp3) is 0.353. The van der Waals surface area contributed by atoms with Crippen molar-refractivity contribution in [3.63, 3.8) is 0 Å². The molecule has 0 fully saturated rings. The Bertz CT molecular complexity index is 2850. The summed E-state index contributed by atoms with van der Waals surface area (Å²) in [7, 11) is 0. The molecule has 8 unspecified atom stereocenters. The summed E-state index contributed by atoms with van der Waals surface area (Å²) in [6, 6.07) is 11.2. The molecule has 4 aromatic rings. The Balaban J connectivity index is 0.000000541. The van der Waals surface area contributed by atoms with Gasteiger partial charge in [-0.2, -0.15) is 31.6 Å². The second kappa shape index (κ2) is 32.4. The van der Waals surface area contributed by atoms with Gasteiger partial charge in [-0.25, -0.2) is 13.2 Å². The van der Waals surface area contributed by atoms with Gasteiger partial charge in [0, 0.05) is 0 Å². The summed E-state index contributed by atoms with van der Waals surface area (Å²) in [6.45, 7) is 0. The van der Waals surface area contributed by atoms with Crippen molar-refractivity contribution >= 4 is 47.8 Å². The number of rotatable bonds is 24.